The highest BCUT2D eigenvalue weighted by Crippen LogP contribution is 2.13. The normalized spacial score (nSPS) is 13.2. The van der Waals surface area contributed by atoms with Crippen molar-refractivity contribution in [3.8, 4) is 0 Å². The van der Waals surface area contributed by atoms with Crippen LogP contribution >= 0.6 is 0 Å². The van der Waals surface area contributed by atoms with Gasteiger partial charge < -0.3 is 14.2 Å². The van der Waals surface area contributed by atoms with Gasteiger partial charge in [-0.05, 0) is 141 Å². The van der Waals surface area contributed by atoms with Gasteiger partial charge in [-0.15, -0.1) is 0 Å². The minimum Gasteiger partial charge on any atom is -0.462 e. The minimum absolute atomic E-state index is 0.110. The van der Waals surface area contributed by atoms with E-state index in [1.807, 2.05) is 0 Å². The van der Waals surface area contributed by atoms with Crippen molar-refractivity contribution in [2.75, 3.05) is 13.2 Å². The maximum atomic E-state index is 12.9. The van der Waals surface area contributed by atoms with E-state index in [2.05, 4.69) is 179 Å². The third kappa shape index (κ3) is 59.9. The van der Waals surface area contributed by atoms with Gasteiger partial charge in [0.05, 0.1) is 0 Å². The maximum absolute atomic E-state index is 12.9. The molecule has 0 aliphatic heterocycles. The van der Waals surface area contributed by atoms with E-state index in [9.17, 15) is 14.4 Å². The molecule has 0 heterocycles. The summed E-state index contributed by atoms with van der Waals surface area (Å²) in [5.41, 5.74) is 0. The van der Waals surface area contributed by atoms with Crippen LogP contribution in [0.2, 0.25) is 0 Å². The van der Waals surface area contributed by atoms with E-state index < -0.39 is 6.10 Å². The van der Waals surface area contributed by atoms with Crippen molar-refractivity contribution in [3.05, 3.63) is 158 Å². The fraction of sp³-hybridized carbons (Fsp3) is 0.586. The molecule has 0 saturated heterocycles. The predicted octanol–water partition coefficient (Wildman–Crippen LogP) is 20.9. The van der Waals surface area contributed by atoms with Crippen molar-refractivity contribution < 1.29 is 28.6 Å². The summed E-state index contributed by atoms with van der Waals surface area (Å²) in [6.07, 6.45) is 90.9. The van der Waals surface area contributed by atoms with E-state index in [0.717, 1.165) is 161 Å². The number of carbonyl (C=O) groups excluding carboxylic acids is 3. The van der Waals surface area contributed by atoms with E-state index in [4.69, 9.17) is 14.2 Å². The highest BCUT2D eigenvalue weighted by molar-refractivity contribution is 5.71. The summed E-state index contributed by atoms with van der Waals surface area (Å²) in [7, 11) is 0. The quantitative estimate of drug-likeness (QED) is 0.0261. The SMILES string of the molecule is CC/C=C\C/C=C\C/C=C\C/C=C\C/C=C\C/C=C\C/C=C\C/C=C\CCCCC(=O)OCC(COC(=O)CCCCCCC/C=C\C/C=C\CCCC)OC(=O)CCCCCCCCC/C=C\C/C=C\C/C=C\CC. The number of rotatable bonds is 53. The topological polar surface area (TPSA) is 78.9 Å². The summed E-state index contributed by atoms with van der Waals surface area (Å²) < 4.78 is 16.8. The number of hydrogen-bond donors (Lipinski definition) is 0. The molecule has 0 aliphatic rings. The van der Waals surface area contributed by atoms with Crippen molar-refractivity contribution >= 4 is 17.9 Å². The first-order valence-corrected chi connectivity index (χ1v) is 30.5. The Labute approximate surface area is 467 Å². The summed E-state index contributed by atoms with van der Waals surface area (Å²) in [5.74, 6) is -0.984. The van der Waals surface area contributed by atoms with Crippen LogP contribution in [0.25, 0.3) is 0 Å². The van der Waals surface area contributed by atoms with Gasteiger partial charge in [0.25, 0.3) is 0 Å². The van der Waals surface area contributed by atoms with Crippen molar-refractivity contribution in [1.29, 1.82) is 0 Å². The van der Waals surface area contributed by atoms with Gasteiger partial charge in [-0.25, -0.2) is 0 Å². The second kappa shape index (κ2) is 62.6. The van der Waals surface area contributed by atoms with Crippen LogP contribution in [0.15, 0.2) is 158 Å². The molecular weight excluding hydrogens is 937 g/mol. The average molecular weight is 1050 g/mol. The van der Waals surface area contributed by atoms with Crippen LogP contribution in [-0.2, 0) is 28.6 Å². The largest absolute Gasteiger partial charge is 0.462 e. The van der Waals surface area contributed by atoms with Gasteiger partial charge in [0.2, 0.25) is 0 Å². The third-order valence-corrected chi connectivity index (χ3v) is 12.2. The zero-order valence-corrected chi connectivity index (χ0v) is 48.7. The molecule has 0 spiro atoms. The molecular formula is C70H110O6. The Kier molecular flexibility index (Phi) is 58.5. The lowest BCUT2D eigenvalue weighted by molar-refractivity contribution is -0.167. The molecule has 0 N–H and O–H groups in total. The lowest BCUT2D eigenvalue weighted by Crippen LogP contribution is -2.30. The number of carbonyl (C=O) groups is 3. The molecule has 1 unspecified atom stereocenters. The average Bonchev–Trinajstić information content (AvgIpc) is 3.42. The molecule has 0 fully saturated rings. The molecule has 0 amide bonds. The number of unbranched alkanes of at least 4 members (excludes halogenated alkanes) is 16. The van der Waals surface area contributed by atoms with Gasteiger partial charge in [-0.2, -0.15) is 0 Å². The standard InChI is InChI=1S/C70H110O6/c1-4-7-10-13-16-19-22-25-28-30-31-32-33-34-35-36-37-38-39-41-42-45-48-51-54-57-60-63-69(72)75-66-67(65-74-68(71)62-59-56-53-50-47-44-27-24-21-18-15-12-9-6-3)76-70(73)64-61-58-55-52-49-46-43-40-29-26-23-20-17-14-11-8-5-2/h7-8,10-11,15-20,24-29,31-32,34-35,37-38,41-42,48,51,67H,4-6,9,12-14,21-23,30,33,36,39-40,43-47,49-50,52-66H2,1-3H3/b10-7-,11-8-,18-15-,19-16-,20-17-,27-24-,28-25-,29-26-,32-31-,35-34-,38-37-,42-41-,51-48-. The molecule has 76 heavy (non-hydrogen) atoms. The molecule has 0 aromatic carbocycles. The van der Waals surface area contributed by atoms with Gasteiger partial charge in [0.15, 0.2) is 6.10 Å². The van der Waals surface area contributed by atoms with Crippen molar-refractivity contribution in [3.63, 3.8) is 0 Å². The van der Waals surface area contributed by atoms with E-state index in [1.54, 1.807) is 0 Å². The molecule has 1 atom stereocenters. The first-order valence-electron chi connectivity index (χ1n) is 30.5. The molecule has 0 saturated carbocycles. The second-order valence-corrected chi connectivity index (χ2v) is 19.5. The van der Waals surface area contributed by atoms with E-state index in [1.165, 1.54) is 38.5 Å². The summed E-state index contributed by atoms with van der Waals surface area (Å²) in [6, 6.07) is 0. The Morgan fingerprint density at radius 2 is 0.513 bits per heavy atom. The first kappa shape index (κ1) is 71.0. The minimum atomic E-state index is -0.816. The predicted molar refractivity (Wildman–Crippen MR) is 329 cm³/mol. The van der Waals surface area contributed by atoms with Crippen LogP contribution in [0.3, 0.4) is 0 Å². The van der Waals surface area contributed by atoms with Crippen molar-refractivity contribution in [1.82, 2.24) is 0 Å². The van der Waals surface area contributed by atoms with E-state index in [0.29, 0.717) is 25.7 Å². The Bertz CT molecular complexity index is 1720. The highest BCUT2D eigenvalue weighted by atomic mass is 16.6. The first-order chi connectivity index (χ1) is 37.5. The number of ether oxygens (including phenoxy) is 3. The Morgan fingerprint density at radius 3 is 0.829 bits per heavy atom. The van der Waals surface area contributed by atoms with Crippen LogP contribution in [0.5, 0.6) is 0 Å². The molecule has 426 valence electrons. The fourth-order valence-corrected chi connectivity index (χ4v) is 7.72. The van der Waals surface area contributed by atoms with E-state index >= 15 is 0 Å². The van der Waals surface area contributed by atoms with Crippen LogP contribution in [-0.4, -0.2) is 37.2 Å². The second-order valence-electron chi connectivity index (χ2n) is 19.5. The summed E-state index contributed by atoms with van der Waals surface area (Å²) in [6.45, 7) is 6.31. The van der Waals surface area contributed by atoms with Crippen molar-refractivity contribution in [2.45, 2.75) is 252 Å². The lowest BCUT2D eigenvalue weighted by atomic mass is 10.1. The highest BCUT2D eigenvalue weighted by Gasteiger charge is 2.19. The van der Waals surface area contributed by atoms with Gasteiger partial charge >= 0.3 is 17.9 Å². The van der Waals surface area contributed by atoms with Crippen LogP contribution in [0, 0.1) is 0 Å². The number of esters is 3. The van der Waals surface area contributed by atoms with Crippen molar-refractivity contribution in [2.24, 2.45) is 0 Å². The fourth-order valence-electron chi connectivity index (χ4n) is 7.72. The number of hydrogen-bond acceptors (Lipinski definition) is 6. The molecule has 0 radical (unpaired) electrons. The van der Waals surface area contributed by atoms with E-state index in [-0.39, 0.29) is 31.1 Å². The molecule has 6 nitrogen and oxygen atoms in total. The molecule has 6 heteroatoms. The Balaban J connectivity index is 4.49. The van der Waals surface area contributed by atoms with Gasteiger partial charge in [0.1, 0.15) is 13.2 Å². The molecule has 0 rings (SSSR count). The molecule has 0 aliphatic carbocycles. The van der Waals surface area contributed by atoms with Crippen LogP contribution in [0.1, 0.15) is 245 Å². The summed E-state index contributed by atoms with van der Waals surface area (Å²) in [4.78, 5) is 38.2. The lowest BCUT2D eigenvalue weighted by Gasteiger charge is -2.18. The van der Waals surface area contributed by atoms with Crippen LogP contribution < -0.4 is 0 Å². The third-order valence-electron chi connectivity index (χ3n) is 12.2. The summed E-state index contributed by atoms with van der Waals surface area (Å²) in [5, 5.41) is 0. The zero-order valence-electron chi connectivity index (χ0n) is 48.7. The van der Waals surface area contributed by atoms with Gasteiger partial charge in [-0.3, -0.25) is 14.4 Å². The zero-order chi connectivity index (χ0) is 55.0. The molecule has 0 bridgehead atoms. The summed E-state index contributed by atoms with van der Waals surface area (Å²) >= 11 is 0. The monoisotopic (exact) mass is 1050 g/mol. The van der Waals surface area contributed by atoms with Gasteiger partial charge in [0, 0.05) is 19.3 Å². The molecule has 0 aromatic rings. The van der Waals surface area contributed by atoms with Gasteiger partial charge in [-0.1, -0.05) is 243 Å². The Morgan fingerprint density at radius 1 is 0.276 bits per heavy atom. The Hall–Kier alpha value is -4.97. The smallest absolute Gasteiger partial charge is 0.306 e. The van der Waals surface area contributed by atoms with Crippen LogP contribution in [0.4, 0.5) is 0 Å². The maximum Gasteiger partial charge on any atom is 0.306 e. The number of allylic oxidation sites excluding steroid dienone is 26. The molecule has 0 aromatic heterocycles.